The van der Waals surface area contributed by atoms with Gasteiger partial charge in [0.15, 0.2) is 0 Å². The maximum atomic E-state index is 12.5. The molecule has 1 amide bonds. The van der Waals surface area contributed by atoms with Gasteiger partial charge in [0.1, 0.15) is 5.49 Å². The van der Waals surface area contributed by atoms with Crippen LogP contribution < -0.4 is 10.4 Å². The van der Waals surface area contributed by atoms with Gasteiger partial charge in [-0.25, -0.2) is 0 Å². The molecule has 0 saturated carbocycles. The maximum absolute atomic E-state index is 12.5. The first-order valence-corrected chi connectivity index (χ1v) is 8.89. The average molecular weight is 349 g/mol. The largest absolute Gasteiger partial charge is 0.312 e. The smallest absolute Gasteiger partial charge is 0.256 e. The molecule has 1 aromatic carbocycles. The van der Waals surface area contributed by atoms with Gasteiger partial charge in [0, 0.05) is 37.0 Å². The third-order valence-electron chi connectivity index (χ3n) is 4.16. The Labute approximate surface area is 153 Å². The molecule has 26 heavy (non-hydrogen) atoms. The molecule has 5 heteroatoms. The summed E-state index contributed by atoms with van der Waals surface area (Å²) in [6.45, 7) is 4.73. The molecule has 2 heterocycles. The van der Waals surface area contributed by atoms with Crippen molar-refractivity contribution in [3.63, 3.8) is 0 Å². The van der Waals surface area contributed by atoms with E-state index in [2.05, 4.69) is 4.99 Å². The lowest BCUT2D eigenvalue weighted by Gasteiger charge is -2.15. The van der Waals surface area contributed by atoms with Crippen molar-refractivity contribution >= 4 is 23.6 Å². The first-order valence-electron chi connectivity index (χ1n) is 8.89. The lowest BCUT2D eigenvalue weighted by Crippen LogP contribution is -2.26. The van der Waals surface area contributed by atoms with Crippen molar-refractivity contribution in [3.05, 3.63) is 65.8 Å². The molecule has 0 aliphatic carbocycles. The molecule has 5 nitrogen and oxygen atoms in total. The van der Waals surface area contributed by atoms with E-state index >= 15 is 0 Å². The van der Waals surface area contributed by atoms with Gasteiger partial charge in [-0.05, 0) is 56.2 Å². The van der Waals surface area contributed by atoms with Gasteiger partial charge in [-0.2, -0.15) is 0 Å². The number of hydrogen-bond acceptors (Lipinski definition) is 3. The summed E-state index contributed by atoms with van der Waals surface area (Å²) in [7, 11) is 0. The highest BCUT2D eigenvalue weighted by Gasteiger charge is 2.21. The molecular weight excluding hydrogens is 326 g/mol. The quantitative estimate of drug-likeness (QED) is 0.796. The molecule has 0 atom stereocenters. The summed E-state index contributed by atoms with van der Waals surface area (Å²) in [5, 5.41) is 0. The van der Waals surface area contributed by atoms with Crippen LogP contribution in [0.2, 0.25) is 0 Å². The van der Waals surface area contributed by atoms with Crippen LogP contribution in [-0.4, -0.2) is 29.0 Å². The van der Waals surface area contributed by atoms with Crippen molar-refractivity contribution in [2.24, 2.45) is 4.99 Å². The van der Waals surface area contributed by atoms with Gasteiger partial charge in [-0.1, -0.05) is 18.2 Å². The van der Waals surface area contributed by atoms with Gasteiger partial charge >= 0.3 is 0 Å². The summed E-state index contributed by atoms with van der Waals surface area (Å²) in [5.41, 5.74) is 2.46. The van der Waals surface area contributed by atoms with E-state index in [0.29, 0.717) is 11.9 Å². The van der Waals surface area contributed by atoms with Crippen LogP contribution in [0.25, 0.3) is 6.08 Å². The van der Waals surface area contributed by atoms with Crippen LogP contribution in [0, 0.1) is 0 Å². The monoisotopic (exact) mass is 349 g/mol. The molecule has 0 radical (unpaired) electrons. The van der Waals surface area contributed by atoms with Crippen LogP contribution in [0.1, 0.15) is 37.0 Å². The Bertz CT molecular complexity index is 892. The molecule has 0 unspecified atom stereocenters. The average Bonchev–Trinajstić information content (AvgIpc) is 3.06. The lowest BCUT2D eigenvalue weighted by molar-refractivity contribution is -0.117. The number of allylic oxidation sites excluding steroid dienone is 1. The number of aromatic nitrogens is 1. The number of carbonyl (C=O) groups excluding carboxylic acids is 2. The first kappa shape index (κ1) is 17.9. The highest BCUT2D eigenvalue weighted by molar-refractivity contribution is 5.96. The van der Waals surface area contributed by atoms with Crippen LogP contribution in [0.15, 0.2) is 59.7 Å². The lowest BCUT2D eigenvalue weighted by atomic mass is 10.2. The van der Waals surface area contributed by atoms with E-state index in [-0.39, 0.29) is 17.9 Å². The summed E-state index contributed by atoms with van der Waals surface area (Å²) in [6.07, 6.45) is 6.56. The van der Waals surface area contributed by atoms with E-state index < -0.39 is 0 Å². The summed E-state index contributed by atoms with van der Waals surface area (Å²) >= 11 is 0. The van der Waals surface area contributed by atoms with Gasteiger partial charge in [0.2, 0.25) is 5.91 Å². The van der Waals surface area contributed by atoms with Crippen LogP contribution in [0.4, 0.5) is 5.69 Å². The van der Waals surface area contributed by atoms with Crippen molar-refractivity contribution in [2.75, 3.05) is 11.4 Å². The number of nitrogens with zero attached hydrogens (tertiary/aromatic N) is 3. The summed E-state index contributed by atoms with van der Waals surface area (Å²) in [4.78, 5) is 30.6. The molecule has 1 aromatic heterocycles. The zero-order valence-electron chi connectivity index (χ0n) is 15.1. The van der Waals surface area contributed by atoms with E-state index in [1.807, 2.05) is 56.3 Å². The summed E-state index contributed by atoms with van der Waals surface area (Å²) in [5.74, 6) is 0.0224. The second kappa shape index (κ2) is 7.95. The zero-order chi connectivity index (χ0) is 18.5. The maximum Gasteiger partial charge on any atom is 0.256 e. The highest BCUT2D eigenvalue weighted by atomic mass is 16.2. The van der Waals surface area contributed by atoms with Crippen LogP contribution >= 0.6 is 0 Å². The molecule has 1 saturated heterocycles. The topological polar surface area (TPSA) is 54.7 Å². The molecule has 0 bridgehead atoms. The van der Waals surface area contributed by atoms with Gasteiger partial charge < -0.3 is 4.90 Å². The summed E-state index contributed by atoms with van der Waals surface area (Å²) < 4.78 is 1.54. The van der Waals surface area contributed by atoms with E-state index in [0.717, 1.165) is 24.2 Å². The van der Waals surface area contributed by atoms with Gasteiger partial charge in [-0.15, -0.1) is 0 Å². The second-order valence-corrected chi connectivity index (χ2v) is 6.56. The van der Waals surface area contributed by atoms with E-state index in [1.54, 1.807) is 17.2 Å². The fraction of sp³-hybridized carbons (Fsp3) is 0.286. The molecule has 2 aromatic rings. The normalized spacial score (nSPS) is 15.4. The second-order valence-electron chi connectivity index (χ2n) is 6.56. The van der Waals surface area contributed by atoms with E-state index in [9.17, 15) is 9.59 Å². The van der Waals surface area contributed by atoms with Crippen molar-refractivity contribution in [1.29, 1.82) is 0 Å². The minimum atomic E-state index is -0.149. The fourth-order valence-electron chi connectivity index (χ4n) is 2.92. The Morgan fingerprint density at radius 2 is 1.92 bits per heavy atom. The Kier molecular flexibility index (Phi) is 5.46. The number of amides is 1. The molecule has 1 aliphatic rings. The predicted molar refractivity (Wildman–Crippen MR) is 103 cm³/mol. The molecule has 134 valence electrons. The van der Waals surface area contributed by atoms with Gasteiger partial charge in [-0.3, -0.25) is 19.1 Å². The minimum Gasteiger partial charge on any atom is -0.312 e. The number of benzene rings is 1. The summed E-state index contributed by atoms with van der Waals surface area (Å²) in [6, 6.07) is 13.3. The van der Waals surface area contributed by atoms with Crippen LogP contribution in [-0.2, 0) is 4.79 Å². The van der Waals surface area contributed by atoms with Crippen molar-refractivity contribution in [1.82, 2.24) is 4.57 Å². The van der Waals surface area contributed by atoms with Crippen molar-refractivity contribution in [3.8, 4) is 0 Å². The zero-order valence-corrected chi connectivity index (χ0v) is 15.1. The number of anilines is 1. The third-order valence-corrected chi connectivity index (χ3v) is 4.16. The molecule has 3 rings (SSSR count). The molecule has 0 spiro atoms. The number of pyridine rings is 1. The number of rotatable bonds is 4. The van der Waals surface area contributed by atoms with E-state index in [4.69, 9.17) is 0 Å². The Morgan fingerprint density at radius 3 is 2.58 bits per heavy atom. The fourth-order valence-corrected chi connectivity index (χ4v) is 2.92. The van der Waals surface area contributed by atoms with Crippen LogP contribution in [0.5, 0.6) is 0 Å². The minimum absolute atomic E-state index is 0.112. The number of carbonyl (C=O) groups is 2. The highest BCUT2D eigenvalue weighted by Crippen LogP contribution is 2.21. The standard InChI is InChI=1S/C21H23N3O2/c1-16(2)22-19-6-3-4-14-24(19)21(26)13-10-17-8-11-18(12-9-17)23-15-5-7-20(23)25/h3-4,6,8-14,16H,5,7,15H2,1-2H3/b13-10+,22-19?. The predicted octanol–water partition coefficient (Wildman–Crippen LogP) is 3.28. The van der Waals surface area contributed by atoms with Gasteiger partial charge in [0.25, 0.3) is 5.91 Å². The van der Waals surface area contributed by atoms with Crippen LogP contribution in [0.3, 0.4) is 0 Å². The molecule has 1 fully saturated rings. The molecule has 0 N–H and O–H groups in total. The van der Waals surface area contributed by atoms with E-state index in [1.165, 1.54) is 10.6 Å². The van der Waals surface area contributed by atoms with Gasteiger partial charge in [0.05, 0.1) is 0 Å². The molecular formula is C21H23N3O2. The van der Waals surface area contributed by atoms with Crippen molar-refractivity contribution < 1.29 is 9.59 Å². The first-order chi connectivity index (χ1) is 12.5. The van der Waals surface area contributed by atoms with Crippen molar-refractivity contribution in [2.45, 2.75) is 32.7 Å². The molecule has 1 aliphatic heterocycles. The Hall–Kier alpha value is -2.95. The Balaban J connectivity index is 1.76. The Morgan fingerprint density at radius 1 is 1.15 bits per heavy atom. The third kappa shape index (κ3) is 4.17. The number of hydrogen-bond donors (Lipinski definition) is 0. The SMILES string of the molecule is CC(C)N=c1ccccn1C(=O)/C=C/c1ccc(N2CCCC2=O)cc1.